The molecule has 5 rings (SSSR count). The average Bonchev–Trinajstić information content (AvgIpc) is 3.47. The predicted octanol–water partition coefficient (Wildman–Crippen LogP) is 4.21. The van der Waals surface area contributed by atoms with Gasteiger partial charge in [0.25, 0.3) is 11.8 Å². The fourth-order valence-corrected chi connectivity index (χ4v) is 4.04. The van der Waals surface area contributed by atoms with E-state index in [2.05, 4.69) is 30.8 Å². The number of pyridine rings is 2. The average molecular weight is 507 g/mol. The lowest BCUT2D eigenvalue weighted by atomic mass is 10.0. The summed E-state index contributed by atoms with van der Waals surface area (Å²) in [4.78, 5) is 36.4. The van der Waals surface area contributed by atoms with E-state index in [1.165, 1.54) is 16.0 Å². The van der Waals surface area contributed by atoms with Gasteiger partial charge in [-0.15, -0.1) is 0 Å². The number of urea groups is 1. The molecule has 3 N–H and O–H groups in total. The molecule has 0 radical (unpaired) electrons. The molecule has 4 heterocycles. The number of alkyl halides is 2. The number of carbonyl (C=O) groups is 2. The normalized spacial score (nSPS) is 14.5. The van der Waals surface area contributed by atoms with Crippen LogP contribution in [-0.2, 0) is 0 Å². The van der Waals surface area contributed by atoms with E-state index in [1.807, 2.05) is 18.2 Å². The smallest absolute Gasteiger partial charge is 0.321 e. The number of anilines is 3. The number of nitrogens with one attached hydrogen (secondary N) is 3. The largest absolute Gasteiger partial charge is 0.350 e. The number of hydrogen-bond donors (Lipinski definition) is 3. The third-order valence-electron chi connectivity index (χ3n) is 6.01. The summed E-state index contributed by atoms with van der Waals surface area (Å²) in [7, 11) is 3.29. The van der Waals surface area contributed by atoms with Gasteiger partial charge in [0.1, 0.15) is 5.82 Å². The minimum atomic E-state index is -2.72. The molecular weight excluding hydrogens is 482 g/mol. The summed E-state index contributed by atoms with van der Waals surface area (Å²) in [6.07, 6.45) is 4.44. The number of hydrogen-bond acceptors (Lipinski definition) is 6. The number of amides is 3. The highest BCUT2D eigenvalue weighted by atomic mass is 19.3. The molecule has 12 heteroatoms. The number of aromatic nitrogens is 4. The van der Waals surface area contributed by atoms with Crippen LogP contribution >= 0.6 is 0 Å². The molecule has 3 amide bonds. The Bertz CT molecular complexity index is 1470. The molecule has 1 aromatic carbocycles. The quantitative estimate of drug-likeness (QED) is 0.373. The van der Waals surface area contributed by atoms with Crippen molar-refractivity contribution in [2.45, 2.75) is 12.3 Å². The van der Waals surface area contributed by atoms with Crippen molar-refractivity contribution in [1.29, 1.82) is 0 Å². The van der Waals surface area contributed by atoms with Crippen molar-refractivity contribution in [2.75, 3.05) is 42.7 Å². The molecule has 0 unspecified atom stereocenters. The molecule has 10 nitrogen and oxygen atoms in total. The fourth-order valence-electron chi connectivity index (χ4n) is 4.04. The Kier molecular flexibility index (Phi) is 6.15. The molecule has 190 valence electrons. The van der Waals surface area contributed by atoms with Gasteiger partial charge >= 0.3 is 6.03 Å². The minimum Gasteiger partial charge on any atom is -0.350 e. The van der Waals surface area contributed by atoms with Crippen LogP contribution in [0, 0.1) is 0 Å². The number of H-pyrrole nitrogens is 1. The SMILES string of the molecule is CN(C)C(=O)Nc1cncc(-c2ccc3[nH]nc(C(=O)Nc4ccc(N5CCC(F)(F)C5)nc4)c3c2)c1. The number of rotatable bonds is 5. The van der Waals surface area contributed by atoms with E-state index >= 15 is 0 Å². The van der Waals surface area contributed by atoms with Crippen LogP contribution in [0.3, 0.4) is 0 Å². The predicted molar refractivity (Wildman–Crippen MR) is 136 cm³/mol. The van der Waals surface area contributed by atoms with Gasteiger partial charge in [0, 0.05) is 44.2 Å². The Labute approximate surface area is 210 Å². The minimum absolute atomic E-state index is 0.185. The molecule has 1 aliphatic rings. The Hall–Kier alpha value is -4.61. The number of benzene rings is 1. The van der Waals surface area contributed by atoms with Gasteiger partial charge in [-0.2, -0.15) is 5.10 Å². The zero-order chi connectivity index (χ0) is 26.2. The van der Waals surface area contributed by atoms with E-state index in [9.17, 15) is 18.4 Å². The van der Waals surface area contributed by atoms with Crippen molar-refractivity contribution in [3.8, 4) is 11.1 Å². The lowest BCUT2D eigenvalue weighted by Crippen LogP contribution is -2.27. The van der Waals surface area contributed by atoms with Crippen molar-refractivity contribution >= 4 is 40.0 Å². The lowest BCUT2D eigenvalue weighted by molar-refractivity contribution is 0.0256. The number of fused-ring (bicyclic) bond motifs is 1. The maximum Gasteiger partial charge on any atom is 0.321 e. The molecule has 0 spiro atoms. The Morgan fingerprint density at radius 2 is 1.86 bits per heavy atom. The molecule has 1 fully saturated rings. The number of aromatic amines is 1. The summed E-state index contributed by atoms with van der Waals surface area (Å²) in [6.45, 7) is -0.137. The van der Waals surface area contributed by atoms with Crippen LogP contribution in [-0.4, -0.2) is 70.1 Å². The monoisotopic (exact) mass is 506 g/mol. The lowest BCUT2D eigenvalue weighted by Gasteiger charge is -2.17. The summed E-state index contributed by atoms with van der Waals surface area (Å²) >= 11 is 0. The summed E-state index contributed by atoms with van der Waals surface area (Å²) in [5.74, 6) is -2.73. The van der Waals surface area contributed by atoms with Gasteiger partial charge in [0.05, 0.1) is 35.8 Å². The highest BCUT2D eigenvalue weighted by molar-refractivity contribution is 6.11. The molecule has 3 aromatic heterocycles. The summed E-state index contributed by atoms with van der Waals surface area (Å²) in [6, 6.07) is 10.2. The number of nitrogens with zero attached hydrogens (tertiary/aromatic N) is 5. The first-order chi connectivity index (χ1) is 17.7. The summed E-state index contributed by atoms with van der Waals surface area (Å²) < 4.78 is 27.0. The molecule has 0 saturated carbocycles. The second-order valence-corrected chi connectivity index (χ2v) is 9.01. The zero-order valence-electron chi connectivity index (χ0n) is 20.1. The van der Waals surface area contributed by atoms with Gasteiger partial charge in [0.2, 0.25) is 0 Å². The summed E-state index contributed by atoms with van der Waals surface area (Å²) in [5.41, 5.74) is 3.34. The first-order valence-corrected chi connectivity index (χ1v) is 11.5. The number of carbonyl (C=O) groups excluding carboxylic acids is 2. The van der Waals surface area contributed by atoms with Crippen LogP contribution in [0.5, 0.6) is 0 Å². The first-order valence-electron chi connectivity index (χ1n) is 11.5. The Balaban J connectivity index is 1.34. The highest BCUT2D eigenvalue weighted by Crippen LogP contribution is 2.30. The van der Waals surface area contributed by atoms with E-state index in [-0.39, 0.29) is 31.2 Å². The zero-order valence-corrected chi connectivity index (χ0v) is 20.1. The molecule has 0 atom stereocenters. The summed E-state index contributed by atoms with van der Waals surface area (Å²) in [5, 5.41) is 13.1. The first kappa shape index (κ1) is 24.1. The molecule has 0 aliphatic carbocycles. The van der Waals surface area contributed by atoms with Crippen LogP contribution in [0.15, 0.2) is 55.0 Å². The highest BCUT2D eigenvalue weighted by Gasteiger charge is 2.38. The molecule has 4 aromatic rings. The van der Waals surface area contributed by atoms with Crippen molar-refractivity contribution in [3.63, 3.8) is 0 Å². The van der Waals surface area contributed by atoms with Crippen LogP contribution in [0.25, 0.3) is 22.0 Å². The van der Waals surface area contributed by atoms with Gasteiger partial charge in [0.15, 0.2) is 5.69 Å². The molecule has 37 heavy (non-hydrogen) atoms. The third kappa shape index (κ3) is 5.17. The second kappa shape index (κ2) is 9.45. The van der Waals surface area contributed by atoms with Crippen LogP contribution < -0.4 is 15.5 Å². The molecular formula is C25H24F2N8O2. The van der Waals surface area contributed by atoms with Gasteiger partial charge < -0.3 is 20.4 Å². The van der Waals surface area contributed by atoms with Crippen molar-refractivity contribution in [3.05, 3.63) is 60.7 Å². The topological polar surface area (TPSA) is 119 Å². The molecule has 1 saturated heterocycles. The Morgan fingerprint density at radius 3 is 2.57 bits per heavy atom. The van der Waals surface area contributed by atoms with Crippen LogP contribution in [0.2, 0.25) is 0 Å². The Morgan fingerprint density at radius 1 is 1.03 bits per heavy atom. The van der Waals surface area contributed by atoms with Crippen molar-refractivity contribution < 1.29 is 18.4 Å². The number of halogens is 2. The molecule has 1 aliphatic heterocycles. The van der Waals surface area contributed by atoms with Gasteiger partial charge in [-0.05, 0) is 35.9 Å². The van der Waals surface area contributed by atoms with Gasteiger partial charge in [-0.3, -0.25) is 14.9 Å². The van der Waals surface area contributed by atoms with Crippen molar-refractivity contribution in [2.24, 2.45) is 0 Å². The van der Waals surface area contributed by atoms with E-state index in [1.54, 1.807) is 44.7 Å². The maximum atomic E-state index is 13.5. The van der Waals surface area contributed by atoms with E-state index in [0.29, 0.717) is 28.1 Å². The third-order valence-corrected chi connectivity index (χ3v) is 6.01. The van der Waals surface area contributed by atoms with E-state index in [0.717, 1.165) is 11.1 Å². The van der Waals surface area contributed by atoms with Crippen molar-refractivity contribution in [1.82, 2.24) is 25.1 Å². The fraction of sp³-hybridized carbons (Fsp3) is 0.240. The van der Waals surface area contributed by atoms with Crippen LogP contribution in [0.4, 0.5) is 30.8 Å². The standard InChI is InChI=1S/C25H24F2N8O2/c1-34(2)24(37)31-18-9-16(11-28-12-18)15-3-5-20-19(10-15)22(33-32-20)23(36)30-17-4-6-21(29-13-17)35-8-7-25(26,27)14-35/h3-6,9-13H,7-8,14H2,1-2H3,(H,30,36)(H,31,37)(H,32,33). The van der Waals surface area contributed by atoms with E-state index in [4.69, 9.17) is 0 Å². The van der Waals surface area contributed by atoms with Gasteiger partial charge in [-0.25, -0.2) is 18.6 Å². The maximum absolute atomic E-state index is 13.5. The van der Waals surface area contributed by atoms with Crippen LogP contribution in [0.1, 0.15) is 16.9 Å². The van der Waals surface area contributed by atoms with Gasteiger partial charge in [-0.1, -0.05) is 6.07 Å². The molecule has 0 bridgehead atoms. The van der Waals surface area contributed by atoms with E-state index < -0.39 is 11.8 Å². The second-order valence-electron chi connectivity index (χ2n) is 9.01.